The van der Waals surface area contributed by atoms with Crippen molar-refractivity contribution in [3.63, 3.8) is 0 Å². The van der Waals surface area contributed by atoms with Gasteiger partial charge >= 0.3 is 5.97 Å². The number of likely N-dealkylation sites (N-methyl/N-ethyl adjacent to an activating group) is 1. The number of cyclic esters (lactones) is 1. The number of hydrogen-bond acceptors (Lipinski definition) is 7. The normalized spacial score (nSPS) is 27.9. The average Bonchev–Trinajstić information content (AvgIpc) is 3.30. The summed E-state index contributed by atoms with van der Waals surface area (Å²) in [5.74, 6) is -1.44. The first-order chi connectivity index (χ1) is 19.4. The minimum absolute atomic E-state index is 0.00441. The number of nitrogens with one attached hydrogen (secondary N) is 2. The van der Waals surface area contributed by atoms with Crippen LogP contribution in [0.3, 0.4) is 0 Å². The minimum atomic E-state index is -0.859. The summed E-state index contributed by atoms with van der Waals surface area (Å²) in [5, 5.41) is 7.61. The minimum Gasteiger partial charge on any atom is -0.433 e. The Morgan fingerprint density at radius 3 is 2.58 bits per heavy atom. The van der Waals surface area contributed by atoms with Gasteiger partial charge in [0.2, 0.25) is 18.1 Å². The first-order valence-electron chi connectivity index (χ1n) is 14.0. The molecule has 0 aliphatic carbocycles. The Morgan fingerprint density at radius 2 is 1.77 bits per heavy atom. The number of hydrogen-bond donors (Lipinski definition) is 2. The van der Waals surface area contributed by atoms with Crippen LogP contribution in [0.2, 0.25) is 0 Å². The lowest BCUT2D eigenvalue weighted by molar-refractivity contribution is -0.165. The third kappa shape index (κ3) is 5.73. The van der Waals surface area contributed by atoms with Gasteiger partial charge in [-0.05, 0) is 43.1 Å². The van der Waals surface area contributed by atoms with Crippen LogP contribution in [0.5, 0.6) is 0 Å². The molecule has 2 aromatic carbocycles. The maximum absolute atomic E-state index is 14.1. The first kappa shape index (κ1) is 27.8. The van der Waals surface area contributed by atoms with E-state index in [0.717, 1.165) is 17.3 Å². The first-order valence-corrected chi connectivity index (χ1v) is 14.0. The predicted octanol–water partition coefficient (Wildman–Crippen LogP) is 1.98. The Kier molecular flexibility index (Phi) is 8.46. The third-order valence-corrected chi connectivity index (χ3v) is 7.84. The zero-order chi connectivity index (χ0) is 28.2. The molecule has 0 radical (unpaired) electrons. The second-order valence-electron chi connectivity index (χ2n) is 10.4. The van der Waals surface area contributed by atoms with Crippen LogP contribution in [-0.2, 0) is 23.9 Å². The van der Waals surface area contributed by atoms with Crippen LogP contribution >= 0.6 is 0 Å². The van der Waals surface area contributed by atoms with Crippen molar-refractivity contribution in [2.45, 2.75) is 63.6 Å². The molecule has 2 N–H and O–H groups in total. The molecular formula is C30H36N4O6. The number of rotatable bonds is 7. The lowest BCUT2D eigenvalue weighted by Crippen LogP contribution is -2.68. The van der Waals surface area contributed by atoms with Crippen molar-refractivity contribution in [2.75, 3.05) is 26.2 Å². The number of ether oxygens (including phenoxy) is 2. The zero-order valence-corrected chi connectivity index (χ0v) is 22.9. The van der Waals surface area contributed by atoms with E-state index >= 15 is 0 Å². The van der Waals surface area contributed by atoms with Crippen LogP contribution in [0, 0.1) is 0 Å². The number of esters is 1. The van der Waals surface area contributed by atoms with Crippen LogP contribution < -0.4 is 10.6 Å². The monoisotopic (exact) mass is 548 g/mol. The van der Waals surface area contributed by atoms with Gasteiger partial charge in [0.25, 0.3) is 5.91 Å². The quantitative estimate of drug-likeness (QED) is 0.401. The molecule has 40 heavy (non-hydrogen) atoms. The van der Waals surface area contributed by atoms with Gasteiger partial charge in [-0.1, -0.05) is 55.5 Å². The van der Waals surface area contributed by atoms with Crippen LogP contribution in [0.4, 0.5) is 0 Å². The molecule has 10 heteroatoms. The van der Waals surface area contributed by atoms with E-state index in [1.54, 1.807) is 17.9 Å². The summed E-state index contributed by atoms with van der Waals surface area (Å²) in [6, 6.07) is 10.6. The van der Waals surface area contributed by atoms with Crippen molar-refractivity contribution in [3.8, 4) is 0 Å². The lowest BCUT2D eigenvalue weighted by atomic mass is 9.96. The van der Waals surface area contributed by atoms with E-state index in [2.05, 4.69) is 15.5 Å². The van der Waals surface area contributed by atoms with Gasteiger partial charge < -0.3 is 25.0 Å². The Labute approximate surface area is 233 Å². The molecule has 0 spiro atoms. The fraction of sp³-hybridized carbons (Fsp3) is 0.467. The zero-order valence-electron chi connectivity index (χ0n) is 22.9. The highest BCUT2D eigenvalue weighted by molar-refractivity contribution is 6.08. The molecule has 2 aromatic rings. The summed E-state index contributed by atoms with van der Waals surface area (Å²) in [4.78, 5) is 57.0. The highest BCUT2D eigenvalue weighted by Crippen LogP contribution is 2.25. The van der Waals surface area contributed by atoms with Crippen LogP contribution in [0.25, 0.3) is 10.8 Å². The van der Waals surface area contributed by atoms with Gasteiger partial charge in [0.05, 0.1) is 6.42 Å². The molecule has 5 rings (SSSR count). The fourth-order valence-corrected chi connectivity index (χ4v) is 5.83. The molecule has 212 valence electrons. The van der Waals surface area contributed by atoms with E-state index in [0.29, 0.717) is 38.1 Å². The molecule has 0 aromatic heterocycles. The second kappa shape index (κ2) is 12.2. The second-order valence-corrected chi connectivity index (χ2v) is 10.4. The molecule has 0 bridgehead atoms. The molecule has 10 nitrogen and oxygen atoms in total. The van der Waals surface area contributed by atoms with Crippen molar-refractivity contribution in [1.82, 2.24) is 20.4 Å². The molecule has 3 heterocycles. The fourth-order valence-electron chi connectivity index (χ4n) is 5.83. The van der Waals surface area contributed by atoms with Crippen LogP contribution in [0.15, 0.2) is 54.6 Å². The Hall–Kier alpha value is -3.76. The Bertz CT molecular complexity index is 1310. The number of fused-ring (bicyclic) bond motifs is 2. The summed E-state index contributed by atoms with van der Waals surface area (Å²) < 4.78 is 10.7. The number of nitrogens with zero attached hydrogens (tertiary/aromatic N) is 2. The maximum atomic E-state index is 14.1. The molecule has 3 aliphatic rings. The highest BCUT2D eigenvalue weighted by atomic mass is 16.7. The summed E-state index contributed by atoms with van der Waals surface area (Å²) in [7, 11) is 0. The van der Waals surface area contributed by atoms with Gasteiger partial charge in [-0.2, -0.15) is 0 Å². The van der Waals surface area contributed by atoms with Crippen molar-refractivity contribution < 1.29 is 28.7 Å². The maximum Gasteiger partial charge on any atom is 0.310 e. The number of amides is 3. The van der Waals surface area contributed by atoms with Crippen molar-refractivity contribution in [3.05, 3.63) is 60.2 Å². The SMILES string of the molecule is CCOC1OC(=O)CC1NC(=O)[C@@H]1CN(CC)C[C@@H]2C/C=C\C[C@H](NC(=O)c3cccc4ccccc34)C(=O)N21. The van der Waals surface area contributed by atoms with Crippen LogP contribution in [0.1, 0.15) is 43.5 Å². The molecule has 0 saturated carbocycles. The lowest BCUT2D eigenvalue weighted by Gasteiger charge is -2.47. The Balaban J connectivity index is 1.39. The number of benzene rings is 2. The van der Waals surface area contributed by atoms with Gasteiger partial charge in [-0.15, -0.1) is 0 Å². The van der Waals surface area contributed by atoms with E-state index in [1.165, 1.54) is 0 Å². The van der Waals surface area contributed by atoms with Gasteiger partial charge in [-0.3, -0.25) is 24.1 Å². The summed E-state index contributed by atoms with van der Waals surface area (Å²) in [5.41, 5.74) is 0.492. The van der Waals surface area contributed by atoms with Gasteiger partial charge in [0.1, 0.15) is 18.1 Å². The smallest absolute Gasteiger partial charge is 0.310 e. The summed E-state index contributed by atoms with van der Waals surface area (Å²) in [6.45, 7) is 5.82. The average molecular weight is 549 g/mol. The van der Waals surface area contributed by atoms with Crippen LogP contribution in [-0.4, -0.2) is 90.2 Å². The summed E-state index contributed by atoms with van der Waals surface area (Å²) >= 11 is 0. The van der Waals surface area contributed by atoms with E-state index < -0.39 is 30.4 Å². The van der Waals surface area contributed by atoms with Crippen molar-refractivity contribution in [1.29, 1.82) is 0 Å². The predicted molar refractivity (Wildman–Crippen MR) is 148 cm³/mol. The van der Waals surface area contributed by atoms with Gasteiger partial charge in [-0.25, -0.2) is 0 Å². The molecule has 3 aliphatic heterocycles. The van der Waals surface area contributed by atoms with Crippen molar-refractivity contribution >= 4 is 34.5 Å². The Morgan fingerprint density at radius 1 is 1.00 bits per heavy atom. The molecule has 2 saturated heterocycles. The number of carbonyl (C=O) groups is 4. The third-order valence-electron chi connectivity index (χ3n) is 7.84. The van der Waals surface area contributed by atoms with Crippen molar-refractivity contribution in [2.24, 2.45) is 0 Å². The molecule has 2 fully saturated rings. The van der Waals surface area contributed by atoms with E-state index in [-0.39, 0.29) is 30.2 Å². The van der Waals surface area contributed by atoms with Gasteiger partial charge in [0.15, 0.2) is 0 Å². The van der Waals surface area contributed by atoms with E-state index in [9.17, 15) is 19.2 Å². The number of carbonyl (C=O) groups excluding carboxylic acids is 4. The van der Waals surface area contributed by atoms with E-state index in [1.807, 2.05) is 55.5 Å². The molecule has 2 unspecified atom stereocenters. The van der Waals surface area contributed by atoms with Gasteiger partial charge in [0, 0.05) is 31.3 Å². The highest BCUT2D eigenvalue weighted by Gasteiger charge is 2.45. The number of piperazine rings is 1. The molecule has 3 amide bonds. The van der Waals surface area contributed by atoms with E-state index in [4.69, 9.17) is 9.47 Å². The summed E-state index contributed by atoms with van der Waals surface area (Å²) in [6.07, 6.45) is 4.01. The largest absolute Gasteiger partial charge is 0.433 e. The standard InChI is InChI=1S/C30H36N4O6/c1-3-33-17-20-12-6-8-15-23(31-27(36)22-14-9-11-19-10-5-7-13-21(19)22)29(38)34(20)25(18-33)28(37)32-24-16-26(35)40-30(24)39-4-2/h5-11,13-14,20,23-25,30H,3-4,12,15-18H2,1-2H3,(H,31,36)(H,32,37)/b8-6-/t20-,23-,24?,25-,30?/m0/s1. The molecule has 5 atom stereocenters. The molecular weight excluding hydrogens is 512 g/mol. The topological polar surface area (TPSA) is 117 Å².